The molecule has 1 aliphatic rings. The molecule has 0 saturated heterocycles. The van der Waals surface area contributed by atoms with Gasteiger partial charge in [-0.25, -0.2) is 8.42 Å². The zero-order valence-corrected chi connectivity index (χ0v) is 11.2. The van der Waals surface area contributed by atoms with E-state index in [9.17, 15) is 13.2 Å². The van der Waals surface area contributed by atoms with Gasteiger partial charge in [0, 0.05) is 19.6 Å². The summed E-state index contributed by atoms with van der Waals surface area (Å²) in [4.78, 5) is 11.5. The second-order valence-corrected chi connectivity index (χ2v) is 6.83. The highest BCUT2D eigenvalue weighted by molar-refractivity contribution is 7.89. The van der Waals surface area contributed by atoms with E-state index in [0.29, 0.717) is 12.5 Å². The van der Waals surface area contributed by atoms with Gasteiger partial charge in [0.05, 0.1) is 12.3 Å². The summed E-state index contributed by atoms with van der Waals surface area (Å²) >= 11 is 0. The molecule has 0 radical (unpaired) electrons. The predicted octanol–water partition coefficient (Wildman–Crippen LogP) is -0.879. The lowest BCUT2D eigenvalue weighted by molar-refractivity contribution is -0.121. The zero-order valence-electron chi connectivity index (χ0n) is 10.3. The number of carbonyl (C=O) groups is 1. The molecule has 0 bridgehead atoms. The van der Waals surface area contributed by atoms with E-state index in [1.807, 2.05) is 0 Å². The number of carbonyl (C=O) groups excluding carboxylic acids is 1. The highest BCUT2D eigenvalue weighted by Crippen LogP contribution is 2.31. The summed E-state index contributed by atoms with van der Waals surface area (Å²) in [6, 6.07) is -0.00737. The lowest BCUT2D eigenvalue weighted by Gasteiger charge is -2.17. The van der Waals surface area contributed by atoms with Gasteiger partial charge in [-0.2, -0.15) is 4.31 Å². The summed E-state index contributed by atoms with van der Waals surface area (Å²) in [6.07, 6.45) is 2.25. The number of nitrogens with zero attached hydrogens (tertiary/aromatic N) is 1. The monoisotopic (exact) mass is 263 g/mol. The van der Waals surface area contributed by atoms with Crippen molar-refractivity contribution in [2.45, 2.75) is 25.8 Å². The molecule has 3 N–H and O–H groups in total. The molecule has 6 nitrogen and oxygen atoms in total. The minimum atomic E-state index is -3.29. The number of sulfonamides is 1. The molecule has 100 valence electrons. The summed E-state index contributed by atoms with van der Waals surface area (Å²) in [6.45, 7) is 1.82. The molecule has 0 aliphatic heterocycles. The molecule has 1 unspecified atom stereocenters. The fourth-order valence-electron chi connectivity index (χ4n) is 1.50. The van der Waals surface area contributed by atoms with Crippen LogP contribution in [0.5, 0.6) is 0 Å². The smallest absolute Gasteiger partial charge is 0.235 e. The Morgan fingerprint density at radius 3 is 2.59 bits per heavy atom. The largest absolute Gasteiger partial charge is 0.353 e. The van der Waals surface area contributed by atoms with Crippen molar-refractivity contribution in [3.05, 3.63) is 0 Å². The quantitative estimate of drug-likeness (QED) is 0.624. The standard InChI is InChI=1S/C10H21N3O3S/c1-3-17(15,16)13(2)7-10(14)12-6-9(11)8-4-5-8/h8-9H,3-7,11H2,1-2H3,(H,12,14). The number of nitrogens with one attached hydrogen (secondary N) is 1. The minimum Gasteiger partial charge on any atom is -0.353 e. The molecular formula is C10H21N3O3S. The molecule has 1 fully saturated rings. The molecule has 0 aromatic heterocycles. The van der Waals surface area contributed by atoms with Crippen molar-refractivity contribution in [2.75, 3.05) is 25.9 Å². The van der Waals surface area contributed by atoms with Crippen molar-refractivity contribution >= 4 is 15.9 Å². The maximum atomic E-state index is 11.5. The fourth-order valence-corrected chi connectivity index (χ4v) is 2.25. The van der Waals surface area contributed by atoms with Gasteiger partial charge in [0.1, 0.15) is 0 Å². The van der Waals surface area contributed by atoms with Gasteiger partial charge in [0.25, 0.3) is 0 Å². The Balaban J connectivity index is 2.28. The Bertz CT molecular complexity index is 365. The van der Waals surface area contributed by atoms with Crippen molar-refractivity contribution in [1.29, 1.82) is 0 Å². The van der Waals surface area contributed by atoms with Crippen LogP contribution < -0.4 is 11.1 Å². The topological polar surface area (TPSA) is 92.5 Å². The maximum absolute atomic E-state index is 11.5. The van der Waals surface area contributed by atoms with Crippen molar-refractivity contribution in [2.24, 2.45) is 11.7 Å². The average Bonchev–Trinajstić information content (AvgIpc) is 3.09. The number of rotatable bonds is 7. The maximum Gasteiger partial charge on any atom is 0.235 e. The van der Waals surface area contributed by atoms with E-state index in [1.54, 1.807) is 6.92 Å². The Morgan fingerprint density at radius 1 is 1.53 bits per heavy atom. The summed E-state index contributed by atoms with van der Waals surface area (Å²) < 4.78 is 23.9. The normalized spacial score (nSPS) is 18.1. The van der Waals surface area contributed by atoms with E-state index >= 15 is 0 Å². The van der Waals surface area contributed by atoms with Gasteiger partial charge in [-0.3, -0.25) is 4.79 Å². The molecule has 1 rings (SSSR count). The van der Waals surface area contributed by atoms with Gasteiger partial charge in [0.2, 0.25) is 15.9 Å². The van der Waals surface area contributed by atoms with Crippen LogP contribution >= 0.6 is 0 Å². The highest BCUT2D eigenvalue weighted by atomic mass is 32.2. The molecule has 1 atom stereocenters. The van der Waals surface area contributed by atoms with E-state index in [0.717, 1.165) is 17.1 Å². The van der Waals surface area contributed by atoms with Crippen molar-refractivity contribution in [3.63, 3.8) is 0 Å². The zero-order chi connectivity index (χ0) is 13.1. The highest BCUT2D eigenvalue weighted by Gasteiger charge is 2.28. The first-order valence-electron chi connectivity index (χ1n) is 5.83. The minimum absolute atomic E-state index is 0.00162. The molecule has 0 aromatic rings. The van der Waals surface area contributed by atoms with Crippen LogP contribution in [-0.4, -0.2) is 50.6 Å². The van der Waals surface area contributed by atoms with E-state index in [1.165, 1.54) is 7.05 Å². The number of amides is 1. The third-order valence-corrected chi connectivity index (χ3v) is 4.78. The van der Waals surface area contributed by atoms with Gasteiger partial charge >= 0.3 is 0 Å². The van der Waals surface area contributed by atoms with Crippen LogP contribution in [0, 0.1) is 5.92 Å². The van der Waals surface area contributed by atoms with Crippen LogP contribution in [0.1, 0.15) is 19.8 Å². The SMILES string of the molecule is CCS(=O)(=O)N(C)CC(=O)NCC(N)C1CC1. The van der Waals surface area contributed by atoms with Gasteiger partial charge in [-0.05, 0) is 25.7 Å². The number of hydrogen-bond donors (Lipinski definition) is 2. The summed E-state index contributed by atoms with van der Waals surface area (Å²) in [7, 11) is -1.89. The van der Waals surface area contributed by atoms with Crippen LogP contribution in [-0.2, 0) is 14.8 Å². The van der Waals surface area contributed by atoms with Gasteiger partial charge in [-0.1, -0.05) is 0 Å². The molecular weight excluding hydrogens is 242 g/mol. The second kappa shape index (κ2) is 5.79. The first-order valence-corrected chi connectivity index (χ1v) is 7.44. The first-order chi connectivity index (χ1) is 7.86. The molecule has 0 spiro atoms. The van der Waals surface area contributed by atoms with Gasteiger partial charge < -0.3 is 11.1 Å². The molecule has 1 amide bonds. The second-order valence-electron chi connectivity index (χ2n) is 4.46. The third kappa shape index (κ3) is 4.61. The fraction of sp³-hybridized carbons (Fsp3) is 0.900. The first kappa shape index (κ1) is 14.4. The van der Waals surface area contributed by atoms with Crippen LogP contribution in [0.3, 0.4) is 0 Å². The van der Waals surface area contributed by atoms with E-state index < -0.39 is 10.0 Å². The average molecular weight is 263 g/mol. The lowest BCUT2D eigenvalue weighted by atomic mass is 10.2. The van der Waals surface area contributed by atoms with E-state index in [-0.39, 0.29) is 24.2 Å². The van der Waals surface area contributed by atoms with E-state index in [2.05, 4.69) is 5.32 Å². The molecule has 0 aromatic carbocycles. The third-order valence-electron chi connectivity index (χ3n) is 2.97. The van der Waals surface area contributed by atoms with Gasteiger partial charge in [-0.15, -0.1) is 0 Å². The molecule has 17 heavy (non-hydrogen) atoms. The van der Waals surface area contributed by atoms with Crippen molar-refractivity contribution in [3.8, 4) is 0 Å². The summed E-state index contributed by atoms with van der Waals surface area (Å²) in [5.41, 5.74) is 5.82. The summed E-state index contributed by atoms with van der Waals surface area (Å²) in [5, 5.41) is 2.66. The molecule has 1 aliphatic carbocycles. The summed E-state index contributed by atoms with van der Waals surface area (Å²) in [5.74, 6) is 0.214. The van der Waals surface area contributed by atoms with Crippen molar-refractivity contribution in [1.82, 2.24) is 9.62 Å². The molecule has 7 heteroatoms. The number of hydrogen-bond acceptors (Lipinski definition) is 4. The Labute approximate surface area is 103 Å². The number of nitrogens with two attached hydrogens (primary N) is 1. The Morgan fingerprint density at radius 2 is 2.12 bits per heavy atom. The van der Waals surface area contributed by atoms with Crippen LogP contribution in [0.2, 0.25) is 0 Å². The Kier molecular flexibility index (Phi) is 4.91. The van der Waals surface area contributed by atoms with Gasteiger partial charge in [0.15, 0.2) is 0 Å². The number of likely N-dealkylation sites (N-methyl/N-ethyl adjacent to an activating group) is 1. The predicted molar refractivity (Wildman–Crippen MR) is 65.8 cm³/mol. The molecule has 1 saturated carbocycles. The van der Waals surface area contributed by atoms with Crippen LogP contribution in [0.25, 0.3) is 0 Å². The van der Waals surface area contributed by atoms with Crippen LogP contribution in [0.4, 0.5) is 0 Å². The van der Waals surface area contributed by atoms with Crippen LogP contribution in [0.15, 0.2) is 0 Å². The molecule has 0 heterocycles. The lowest BCUT2D eigenvalue weighted by Crippen LogP contribution is -2.43. The van der Waals surface area contributed by atoms with E-state index in [4.69, 9.17) is 5.73 Å². The Hall–Kier alpha value is -0.660. The van der Waals surface area contributed by atoms with Crippen molar-refractivity contribution < 1.29 is 13.2 Å².